The fraction of sp³-hybridized carbons (Fsp3) is 0.474. The molecule has 2 aromatic rings. The van der Waals surface area contributed by atoms with Crippen LogP contribution in [-0.2, 0) is 26.1 Å². The summed E-state index contributed by atoms with van der Waals surface area (Å²) in [4.78, 5) is 16.4. The molecule has 0 unspecified atom stereocenters. The second-order valence-electron chi connectivity index (χ2n) is 6.42. The highest BCUT2D eigenvalue weighted by Crippen LogP contribution is 2.24. The van der Waals surface area contributed by atoms with E-state index in [1.807, 2.05) is 24.3 Å². The number of rotatable bonds is 8. The molecule has 1 fully saturated rings. The molecule has 0 spiro atoms. The van der Waals surface area contributed by atoms with Gasteiger partial charge in [0.1, 0.15) is 17.3 Å². The van der Waals surface area contributed by atoms with Crippen LogP contribution in [-0.4, -0.2) is 47.2 Å². The SMILES string of the molecule is COc1ccc(-c2nc(C[S@@](=O)CC(=O)NC[C@H]3CCCO3)c(C)o2)cc1. The van der Waals surface area contributed by atoms with Gasteiger partial charge in [0.15, 0.2) is 0 Å². The van der Waals surface area contributed by atoms with Crippen LogP contribution >= 0.6 is 0 Å². The highest BCUT2D eigenvalue weighted by Gasteiger charge is 2.19. The van der Waals surface area contributed by atoms with Crippen molar-refractivity contribution in [3.63, 3.8) is 0 Å². The third kappa shape index (κ3) is 5.40. The van der Waals surface area contributed by atoms with E-state index >= 15 is 0 Å². The molecule has 1 aliphatic heterocycles. The van der Waals surface area contributed by atoms with Gasteiger partial charge in [-0.2, -0.15) is 0 Å². The molecule has 7 nitrogen and oxygen atoms in total. The Kier molecular flexibility index (Phi) is 6.63. The molecule has 0 saturated carbocycles. The van der Waals surface area contributed by atoms with E-state index in [2.05, 4.69) is 10.3 Å². The topological polar surface area (TPSA) is 90.7 Å². The summed E-state index contributed by atoms with van der Waals surface area (Å²) >= 11 is 0. The summed E-state index contributed by atoms with van der Waals surface area (Å²) < 4.78 is 28.6. The van der Waals surface area contributed by atoms with Crippen molar-refractivity contribution in [1.82, 2.24) is 10.3 Å². The lowest BCUT2D eigenvalue weighted by Crippen LogP contribution is -2.34. The zero-order chi connectivity index (χ0) is 19.2. The highest BCUT2D eigenvalue weighted by atomic mass is 32.2. The number of oxazole rings is 1. The van der Waals surface area contributed by atoms with E-state index in [0.717, 1.165) is 30.8 Å². The Hall–Kier alpha value is -2.19. The van der Waals surface area contributed by atoms with Crippen LogP contribution in [0.4, 0.5) is 0 Å². The van der Waals surface area contributed by atoms with Crippen LogP contribution in [0, 0.1) is 6.92 Å². The second kappa shape index (κ2) is 9.14. The van der Waals surface area contributed by atoms with Crippen molar-refractivity contribution in [3.8, 4) is 17.2 Å². The fourth-order valence-corrected chi connectivity index (χ4v) is 3.92. The molecule has 1 aliphatic rings. The van der Waals surface area contributed by atoms with Gasteiger partial charge in [0.25, 0.3) is 0 Å². The molecule has 2 atom stereocenters. The number of nitrogens with one attached hydrogen (secondary N) is 1. The molecule has 0 aliphatic carbocycles. The lowest BCUT2D eigenvalue weighted by atomic mass is 10.2. The average Bonchev–Trinajstić information content (AvgIpc) is 3.30. The summed E-state index contributed by atoms with van der Waals surface area (Å²) in [6, 6.07) is 7.35. The van der Waals surface area contributed by atoms with Gasteiger partial charge in [-0.3, -0.25) is 9.00 Å². The molecule has 0 bridgehead atoms. The quantitative estimate of drug-likeness (QED) is 0.741. The number of hydrogen-bond acceptors (Lipinski definition) is 6. The largest absolute Gasteiger partial charge is 0.497 e. The van der Waals surface area contributed by atoms with Crippen LogP contribution in [0.25, 0.3) is 11.5 Å². The minimum absolute atomic E-state index is 0.0586. The molecule has 8 heteroatoms. The van der Waals surface area contributed by atoms with Crippen LogP contribution < -0.4 is 10.1 Å². The summed E-state index contributed by atoms with van der Waals surface area (Å²) in [6.45, 7) is 3.00. The molecule has 3 rings (SSSR count). The summed E-state index contributed by atoms with van der Waals surface area (Å²) in [5.41, 5.74) is 1.41. The van der Waals surface area contributed by atoms with Crippen molar-refractivity contribution in [2.24, 2.45) is 0 Å². The lowest BCUT2D eigenvalue weighted by molar-refractivity contribution is -0.119. The van der Waals surface area contributed by atoms with Gasteiger partial charge in [-0.05, 0) is 44.0 Å². The average molecular weight is 392 g/mol. The predicted molar refractivity (Wildman–Crippen MR) is 102 cm³/mol. The maximum atomic E-state index is 12.3. The maximum Gasteiger partial charge on any atom is 0.232 e. The first-order chi connectivity index (χ1) is 13.0. The van der Waals surface area contributed by atoms with Gasteiger partial charge in [-0.25, -0.2) is 4.98 Å². The molecule has 0 radical (unpaired) electrons. The minimum Gasteiger partial charge on any atom is -0.497 e. The van der Waals surface area contributed by atoms with Crippen molar-refractivity contribution in [1.29, 1.82) is 0 Å². The van der Waals surface area contributed by atoms with E-state index in [1.165, 1.54) is 0 Å². The van der Waals surface area contributed by atoms with Crippen LogP contribution in [0.2, 0.25) is 0 Å². The number of methoxy groups -OCH3 is 1. The summed E-state index contributed by atoms with van der Waals surface area (Å²) in [6.07, 6.45) is 2.05. The van der Waals surface area contributed by atoms with Crippen molar-refractivity contribution in [3.05, 3.63) is 35.7 Å². The standard InChI is InChI=1S/C19H24N2O5S/c1-13-17(21-19(26-13)14-5-7-15(24-2)8-6-14)11-27(23)12-18(22)20-10-16-4-3-9-25-16/h5-8,16H,3-4,9-12H2,1-2H3,(H,20,22)/t16-,27-/m1/s1. The van der Waals surface area contributed by atoms with Crippen molar-refractivity contribution < 1.29 is 22.9 Å². The number of carbonyl (C=O) groups excluding carboxylic acids is 1. The molecular formula is C19H24N2O5S. The van der Waals surface area contributed by atoms with Gasteiger partial charge in [-0.1, -0.05) is 0 Å². The molecule has 146 valence electrons. The normalized spacial score (nSPS) is 17.6. The van der Waals surface area contributed by atoms with Gasteiger partial charge in [0.05, 0.1) is 24.7 Å². The first-order valence-corrected chi connectivity index (χ1v) is 10.4. The minimum atomic E-state index is -1.36. The Labute approximate surface area is 160 Å². The van der Waals surface area contributed by atoms with Gasteiger partial charge in [-0.15, -0.1) is 0 Å². The Bertz CT molecular complexity index is 797. The second-order valence-corrected chi connectivity index (χ2v) is 7.88. The number of aryl methyl sites for hydroxylation is 1. The van der Waals surface area contributed by atoms with Crippen LogP contribution in [0.3, 0.4) is 0 Å². The van der Waals surface area contributed by atoms with E-state index in [9.17, 15) is 9.00 Å². The fourth-order valence-electron chi connectivity index (χ4n) is 2.85. The molecule has 1 aromatic heterocycles. The summed E-state index contributed by atoms with van der Waals surface area (Å²) in [5.74, 6) is 1.70. The van der Waals surface area contributed by atoms with Crippen molar-refractivity contribution >= 4 is 16.7 Å². The molecule has 1 aromatic carbocycles. The van der Waals surface area contributed by atoms with Crippen LogP contribution in [0.5, 0.6) is 5.75 Å². The van der Waals surface area contributed by atoms with Gasteiger partial charge < -0.3 is 19.2 Å². The number of nitrogens with zero attached hydrogens (tertiary/aromatic N) is 1. The number of carbonyl (C=O) groups is 1. The number of benzene rings is 1. The number of aromatic nitrogens is 1. The molecule has 1 N–H and O–H groups in total. The number of amides is 1. The van der Waals surface area contributed by atoms with E-state index in [0.29, 0.717) is 23.9 Å². The maximum absolute atomic E-state index is 12.3. The first-order valence-electron chi connectivity index (χ1n) is 8.89. The molecule has 1 amide bonds. The van der Waals surface area contributed by atoms with Crippen molar-refractivity contribution in [2.75, 3.05) is 26.0 Å². The first kappa shape index (κ1) is 19.6. The van der Waals surface area contributed by atoms with Gasteiger partial charge in [0, 0.05) is 29.5 Å². The summed E-state index contributed by atoms with van der Waals surface area (Å²) in [5, 5.41) is 2.79. The lowest BCUT2D eigenvalue weighted by Gasteiger charge is -2.10. The van der Waals surface area contributed by atoms with E-state index in [-0.39, 0.29) is 23.5 Å². The monoisotopic (exact) mass is 392 g/mol. The van der Waals surface area contributed by atoms with Gasteiger partial charge >= 0.3 is 0 Å². The molecule has 2 heterocycles. The molecule has 27 heavy (non-hydrogen) atoms. The zero-order valence-corrected chi connectivity index (χ0v) is 16.3. The third-order valence-electron chi connectivity index (χ3n) is 4.37. The van der Waals surface area contributed by atoms with Crippen LogP contribution in [0.1, 0.15) is 24.3 Å². The van der Waals surface area contributed by atoms with Crippen molar-refractivity contribution in [2.45, 2.75) is 31.6 Å². The molecule has 1 saturated heterocycles. The van der Waals surface area contributed by atoms with Gasteiger partial charge in [0.2, 0.25) is 11.8 Å². The van der Waals surface area contributed by atoms with E-state index in [1.54, 1.807) is 14.0 Å². The Morgan fingerprint density at radius 3 is 2.81 bits per heavy atom. The third-order valence-corrected chi connectivity index (χ3v) is 5.55. The zero-order valence-electron chi connectivity index (χ0n) is 15.5. The van der Waals surface area contributed by atoms with E-state index in [4.69, 9.17) is 13.9 Å². The van der Waals surface area contributed by atoms with Crippen LogP contribution in [0.15, 0.2) is 28.7 Å². The molecular weight excluding hydrogens is 368 g/mol. The number of hydrogen-bond donors (Lipinski definition) is 1. The number of ether oxygens (including phenoxy) is 2. The smallest absolute Gasteiger partial charge is 0.232 e. The Balaban J connectivity index is 1.54. The highest BCUT2D eigenvalue weighted by molar-refractivity contribution is 7.84. The van der Waals surface area contributed by atoms with E-state index < -0.39 is 10.8 Å². The Morgan fingerprint density at radius 2 is 2.15 bits per heavy atom. The summed E-state index contributed by atoms with van der Waals surface area (Å²) in [7, 11) is 0.248. The predicted octanol–water partition coefficient (Wildman–Crippen LogP) is 2.20. The Morgan fingerprint density at radius 1 is 1.37 bits per heavy atom.